The molecule has 0 saturated heterocycles. The van der Waals surface area contributed by atoms with Gasteiger partial charge in [-0.2, -0.15) is 0 Å². The molecule has 3 rings (SSSR count). The van der Waals surface area contributed by atoms with Crippen molar-refractivity contribution >= 4 is 16.8 Å². The molecule has 0 atom stereocenters. The van der Waals surface area contributed by atoms with Gasteiger partial charge in [0.25, 0.3) is 0 Å². The van der Waals surface area contributed by atoms with Crippen LogP contribution in [0.3, 0.4) is 0 Å². The summed E-state index contributed by atoms with van der Waals surface area (Å²) in [6, 6.07) is 7.02. The molecule has 0 bridgehead atoms. The number of carbonyl (C=O) groups is 1. The second-order valence-electron chi connectivity index (χ2n) is 3.66. The smallest absolute Gasteiger partial charge is 0.198 e. The van der Waals surface area contributed by atoms with Gasteiger partial charge in [0, 0.05) is 12.0 Å². The molecule has 1 aromatic carbocycles. The zero-order valence-electron chi connectivity index (χ0n) is 7.95. The molecule has 1 aromatic heterocycles. The van der Waals surface area contributed by atoms with Gasteiger partial charge in [-0.15, -0.1) is 0 Å². The zero-order valence-corrected chi connectivity index (χ0v) is 7.95. The molecule has 15 heavy (non-hydrogen) atoms. The first-order chi connectivity index (χ1) is 7.27. The van der Waals surface area contributed by atoms with E-state index < -0.39 is 0 Å². The lowest BCUT2D eigenvalue weighted by Crippen LogP contribution is -2.08. The molecular weight excluding hydrogens is 192 g/mol. The lowest BCUT2D eigenvalue weighted by molar-refractivity contribution is 0.0971. The Balaban J connectivity index is 2.51. The molecule has 3 heteroatoms. The van der Waals surface area contributed by atoms with Crippen LogP contribution in [0.1, 0.15) is 22.5 Å². The van der Waals surface area contributed by atoms with Gasteiger partial charge < -0.3 is 4.42 Å². The van der Waals surface area contributed by atoms with Gasteiger partial charge in [0.05, 0.1) is 5.39 Å². The molecule has 0 spiro atoms. The van der Waals surface area contributed by atoms with E-state index in [1.54, 1.807) is 24.3 Å². The number of ketones is 1. The van der Waals surface area contributed by atoms with Gasteiger partial charge in [0.1, 0.15) is 5.58 Å². The molecule has 0 radical (unpaired) electrons. The summed E-state index contributed by atoms with van der Waals surface area (Å²) < 4.78 is 5.45. The lowest BCUT2D eigenvalue weighted by atomic mass is 10.1. The summed E-state index contributed by atoms with van der Waals surface area (Å²) in [5, 5.41) is 0.561. The number of para-hydroxylation sites is 1. The summed E-state index contributed by atoms with van der Waals surface area (Å²) >= 11 is 0. The number of Topliss-reactive ketones (excluding diaryl/α,β-unsaturated/α-hetero) is 1. The fourth-order valence-corrected chi connectivity index (χ4v) is 1.98. The average Bonchev–Trinajstić information content (AvgIpc) is 2.62. The maximum Gasteiger partial charge on any atom is 0.198 e. The molecule has 74 valence electrons. The molecular formula is C12H8O3. The summed E-state index contributed by atoms with van der Waals surface area (Å²) in [7, 11) is 0. The summed E-state index contributed by atoms with van der Waals surface area (Å²) in [4.78, 5) is 23.4. The largest absolute Gasteiger partial charge is 0.452 e. The molecule has 3 nitrogen and oxygen atoms in total. The molecule has 0 amide bonds. The van der Waals surface area contributed by atoms with E-state index in [0.717, 1.165) is 0 Å². The van der Waals surface area contributed by atoms with Gasteiger partial charge in [-0.1, -0.05) is 12.1 Å². The Hall–Kier alpha value is -1.90. The monoisotopic (exact) mass is 200 g/mol. The summed E-state index contributed by atoms with van der Waals surface area (Å²) in [6.45, 7) is 0. The van der Waals surface area contributed by atoms with Gasteiger partial charge in [0.2, 0.25) is 0 Å². The Morgan fingerprint density at radius 3 is 2.73 bits per heavy atom. The third-order valence-electron chi connectivity index (χ3n) is 2.75. The number of rotatable bonds is 0. The van der Waals surface area contributed by atoms with Crippen LogP contribution in [-0.2, 0) is 6.42 Å². The molecule has 1 aliphatic carbocycles. The minimum absolute atomic E-state index is 0.0577. The van der Waals surface area contributed by atoms with Gasteiger partial charge in [-0.25, -0.2) is 0 Å². The maximum absolute atomic E-state index is 12.0. The van der Waals surface area contributed by atoms with Crippen molar-refractivity contribution in [3.8, 4) is 0 Å². The highest BCUT2D eigenvalue weighted by atomic mass is 16.3. The summed E-state index contributed by atoms with van der Waals surface area (Å²) in [6.07, 6.45) is 0.908. The van der Waals surface area contributed by atoms with Crippen molar-refractivity contribution in [1.29, 1.82) is 0 Å². The zero-order chi connectivity index (χ0) is 10.4. The third kappa shape index (κ3) is 1.06. The lowest BCUT2D eigenvalue weighted by Gasteiger charge is -1.99. The first-order valence-corrected chi connectivity index (χ1v) is 4.85. The molecule has 0 saturated carbocycles. The highest BCUT2D eigenvalue weighted by molar-refractivity contribution is 5.99. The second-order valence-corrected chi connectivity index (χ2v) is 3.66. The van der Waals surface area contributed by atoms with E-state index in [4.69, 9.17) is 4.42 Å². The highest BCUT2D eigenvalue weighted by Gasteiger charge is 2.26. The number of fused-ring (bicyclic) bond motifs is 2. The predicted molar refractivity (Wildman–Crippen MR) is 55.1 cm³/mol. The minimum atomic E-state index is -0.0622. The topological polar surface area (TPSA) is 47.3 Å². The Morgan fingerprint density at radius 1 is 1.07 bits per heavy atom. The van der Waals surface area contributed by atoms with Gasteiger partial charge in [-0.05, 0) is 18.6 Å². The normalized spacial score (nSPS) is 14.5. The molecule has 1 aliphatic rings. The number of carbonyl (C=O) groups excluding carboxylic acids is 1. The van der Waals surface area contributed by atoms with Crippen LogP contribution in [0.2, 0.25) is 0 Å². The van der Waals surface area contributed by atoms with Gasteiger partial charge >= 0.3 is 0 Å². The van der Waals surface area contributed by atoms with Crippen LogP contribution < -0.4 is 5.43 Å². The van der Waals surface area contributed by atoms with Crippen LogP contribution in [0.4, 0.5) is 0 Å². The van der Waals surface area contributed by atoms with Crippen LogP contribution in [-0.4, -0.2) is 5.78 Å². The molecule has 0 N–H and O–H groups in total. The van der Waals surface area contributed by atoms with E-state index in [0.29, 0.717) is 29.4 Å². The van der Waals surface area contributed by atoms with E-state index in [2.05, 4.69) is 0 Å². The van der Waals surface area contributed by atoms with Crippen molar-refractivity contribution in [2.45, 2.75) is 12.8 Å². The van der Waals surface area contributed by atoms with Crippen molar-refractivity contribution in [3.63, 3.8) is 0 Å². The number of benzene rings is 1. The van der Waals surface area contributed by atoms with Crippen LogP contribution in [0.5, 0.6) is 0 Å². The van der Waals surface area contributed by atoms with E-state index in [1.807, 2.05) is 0 Å². The highest BCUT2D eigenvalue weighted by Crippen LogP contribution is 2.23. The van der Waals surface area contributed by atoms with Crippen LogP contribution in [0, 0.1) is 0 Å². The van der Waals surface area contributed by atoms with Crippen molar-refractivity contribution in [2.75, 3.05) is 0 Å². The number of hydrogen-bond donors (Lipinski definition) is 0. The van der Waals surface area contributed by atoms with Crippen molar-refractivity contribution in [2.24, 2.45) is 0 Å². The first-order valence-electron chi connectivity index (χ1n) is 4.85. The fraction of sp³-hybridized carbons (Fsp3) is 0.167. The standard InChI is InChI=1S/C12H8O3/c13-9-6-5-8-11(14)7-3-1-2-4-10(7)15-12(8)9/h1-4H,5-6H2. The van der Waals surface area contributed by atoms with Crippen molar-refractivity contribution in [3.05, 3.63) is 45.8 Å². The van der Waals surface area contributed by atoms with E-state index in [9.17, 15) is 9.59 Å². The van der Waals surface area contributed by atoms with Crippen LogP contribution in [0.25, 0.3) is 11.0 Å². The molecule has 1 heterocycles. The Bertz CT molecular complexity index is 622. The third-order valence-corrected chi connectivity index (χ3v) is 2.75. The second kappa shape index (κ2) is 2.79. The first kappa shape index (κ1) is 8.41. The van der Waals surface area contributed by atoms with Crippen molar-refractivity contribution < 1.29 is 9.21 Å². The Kier molecular flexibility index (Phi) is 1.57. The SMILES string of the molecule is O=C1CCc2c1oc1ccccc1c2=O. The Morgan fingerprint density at radius 2 is 1.87 bits per heavy atom. The van der Waals surface area contributed by atoms with Crippen LogP contribution in [0.15, 0.2) is 33.5 Å². The van der Waals surface area contributed by atoms with E-state index >= 15 is 0 Å². The minimum Gasteiger partial charge on any atom is -0.452 e. The van der Waals surface area contributed by atoms with Gasteiger partial charge in [-0.3, -0.25) is 9.59 Å². The average molecular weight is 200 g/mol. The quantitative estimate of drug-likeness (QED) is 0.652. The Labute approximate surface area is 85.3 Å². The molecule has 0 fully saturated rings. The number of hydrogen-bond acceptors (Lipinski definition) is 3. The maximum atomic E-state index is 12.0. The summed E-state index contributed by atoms with van der Waals surface area (Å²) in [5.74, 6) is 0.201. The van der Waals surface area contributed by atoms with Gasteiger partial charge in [0.15, 0.2) is 17.0 Å². The molecule has 0 aliphatic heterocycles. The molecule has 2 aromatic rings. The predicted octanol–water partition coefficient (Wildman–Crippen LogP) is 1.92. The molecule has 0 unspecified atom stereocenters. The van der Waals surface area contributed by atoms with Crippen LogP contribution >= 0.6 is 0 Å². The van der Waals surface area contributed by atoms with Crippen molar-refractivity contribution in [1.82, 2.24) is 0 Å². The van der Waals surface area contributed by atoms with E-state index in [1.165, 1.54) is 0 Å². The van der Waals surface area contributed by atoms with E-state index in [-0.39, 0.29) is 17.0 Å². The summed E-state index contributed by atoms with van der Waals surface area (Å²) in [5.41, 5.74) is 0.980. The fourth-order valence-electron chi connectivity index (χ4n) is 1.98.